The normalized spacial score (nSPS) is 10.7. The van der Waals surface area contributed by atoms with Crippen molar-refractivity contribution in [2.75, 3.05) is 20.3 Å². The quantitative estimate of drug-likeness (QED) is 0.764. The first kappa shape index (κ1) is 17.7. The number of rotatable bonds is 7. The average Bonchev–Trinajstić information content (AvgIpc) is 2.96. The second-order valence-electron chi connectivity index (χ2n) is 4.80. The lowest BCUT2D eigenvalue weighted by Crippen LogP contribution is -2.33. The third kappa shape index (κ3) is 4.63. The molecule has 0 aliphatic carbocycles. The van der Waals surface area contributed by atoms with Crippen LogP contribution in [-0.2, 0) is 17.8 Å². The Balaban J connectivity index is 2.18. The summed E-state index contributed by atoms with van der Waals surface area (Å²) in [5, 5.41) is 4.14. The SMILES string of the molecule is CCN(Cc1ccc(Cl)s1)C(=O)c1ccc(=O)n(CCOC)n1. The van der Waals surface area contributed by atoms with Gasteiger partial charge in [0.25, 0.3) is 11.5 Å². The van der Waals surface area contributed by atoms with Crippen LogP contribution >= 0.6 is 22.9 Å². The molecule has 0 aliphatic rings. The van der Waals surface area contributed by atoms with E-state index in [4.69, 9.17) is 16.3 Å². The van der Waals surface area contributed by atoms with Crippen LogP contribution in [0.4, 0.5) is 0 Å². The molecule has 0 N–H and O–H groups in total. The number of ether oxygens (including phenoxy) is 1. The van der Waals surface area contributed by atoms with Crippen LogP contribution < -0.4 is 5.56 Å². The van der Waals surface area contributed by atoms with Crippen molar-refractivity contribution in [2.45, 2.75) is 20.0 Å². The number of amides is 1. The van der Waals surface area contributed by atoms with Crippen LogP contribution in [0.1, 0.15) is 22.3 Å². The zero-order valence-corrected chi connectivity index (χ0v) is 14.6. The lowest BCUT2D eigenvalue weighted by Gasteiger charge is -2.19. The highest BCUT2D eigenvalue weighted by Gasteiger charge is 2.18. The highest BCUT2D eigenvalue weighted by molar-refractivity contribution is 7.16. The Bertz CT molecular complexity index is 729. The molecule has 6 nitrogen and oxygen atoms in total. The van der Waals surface area contributed by atoms with Gasteiger partial charge in [-0.1, -0.05) is 11.6 Å². The van der Waals surface area contributed by atoms with Gasteiger partial charge in [-0.2, -0.15) is 5.10 Å². The first-order chi connectivity index (χ1) is 11.0. The molecule has 23 heavy (non-hydrogen) atoms. The van der Waals surface area contributed by atoms with Gasteiger partial charge in [-0.15, -0.1) is 11.3 Å². The number of nitrogens with zero attached hydrogens (tertiary/aromatic N) is 3. The van der Waals surface area contributed by atoms with Crippen molar-refractivity contribution in [2.24, 2.45) is 0 Å². The molecule has 0 fully saturated rings. The van der Waals surface area contributed by atoms with Crippen LogP contribution in [0, 0.1) is 0 Å². The lowest BCUT2D eigenvalue weighted by atomic mass is 10.3. The molecule has 0 spiro atoms. The van der Waals surface area contributed by atoms with E-state index in [-0.39, 0.29) is 17.2 Å². The Kier molecular flexibility index (Phi) is 6.32. The van der Waals surface area contributed by atoms with Crippen LogP contribution in [0.2, 0.25) is 4.34 Å². The first-order valence-electron chi connectivity index (χ1n) is 7.15. The van der Waals surface area contributed by atoms with E-state index in [2.05, 4.69) is 5.10 Å². The van der Waals surface area contributed by atoms with Crippen LogP contribution in [0.15, 0.2) is 29.1 Å². The van der Waals surface area contributed by atoms with E-state index < -0.39 is 0 Å². The van der Waals surface area contributed by atoms with Gasteiger partial charge in [0.1, 0.15) is 5.69 Å². The maximum absolute atomic E-state index is 12.6. The molecule has 1 amide bonds. The summed E-state index contributed by atoms with van der Waals surface area (Å²) in [7, 11) is 1.55. The molecule has 0 bridgehead atoms. The molecule has 0 aromatic carbocycles. The van der Waals surface area contributed by atoms with Crippen LogP contribution in [-0.4, -0.2) is 40.8 Å². The summed E-state index contributed by atoms with van der Waals surface area (Å²) in [4.78, 5) is 27.0. The minimum absolute atomic E-state index is 0.219. The van der Waals surface area contributed by atoms with Gasteiger partial charge in [0, 0.05) is 24.6 Å². The van der Waals surface area contributed by atoms with Gasteiger partial charge in [0.2, 0.25) is 0 Å². The third-order valence-electron chi connectivity index (χ3n) is 3.24. The van der Waals surface area contributed by atoms with Gasteiger partial charge in [0.05, 0.1) is 24.0 Å². The molecule has 0 radical (unpaired) electrons. The van der Waals surface area contributed by atoms with E-state index in [9.17, 15) is 9.59 Å². The Morgan fingerprint density at radius 1 is 1.39 bits per heavy atom. The van der Waals surface area contributed by atoms with Crippen LogP contribution in [0.3, 0.4) is 0 Å². The average molecular weight is 356 g/mol. The minimum Gasteiger partial charge on any atom is -0.383 e. The molecule has 8 heteroatoms. The third-order valence-corrected chi connectivity index (χ3v) is 4.45. The number of methoxy groups -OCH3 is 1. The lowest BCUT2D eigenvalue weighted by molar-refractivity contribution is 0.0744. The van der Waals surface area contributed by atoms with Crippen LogP contribution in [0.5, 0.6) is 0 Å². The van der Waals surface area contributed by atoms with Crippen molar-refractivity contribution >= 4 is 28.8 Å². The zero-order valence-electron chi connectivity index (χ0n) is 13.0. The smallest absolute Gasteiger partial charge is 0.274 e. The highest BCUT2D eigenvalue weighted by Crippen LogP contribution is 2.23. The van der Waals surface area contributed by atoms with E-state index in [0.29, 0.717) is 30.6 Å². The summed E-state index contributed by atoms with van der Waals surface area (Å²) in [6.45, 7) is 3.56. The van der Waals surface area contributed by atoms with E-state index in [1.807, 2.05) is 19.1 Å². The summed E-state index contributed by atoms with van der Waals surface area (Å²) in [6.07, 6.45) is 0. The fourth-order valence-electron chi connectivity index (χ4n) is 2.01. The maximum atomic E-state index is 12.6. The predicted molar refractivity (Wildman–Crippen MR) is 90.1 cm³/mol. The van der Waals surface area contributed by atoms with Crippen molar-refractivity contribution in [1.29, 1.82) is 0 Å². The highest BCUT2D eigenvalue weighted by atomic mass is 35.5. The van der Waals surface area contributed by atoms with Crippen LogP contribution in [0.25, 0.3) is 0 Å². The van der Waals surface area contributed by atoms with E-state index in [1.54, 1.807) is 12.0 Å². The Hall–Kier alpha value is -1.70. The Morgan fingerprint density at radius 2 is 2.17 bits per heavy atom. The van der Waals surface area contributed by atoms with Gasteiger partial charge in [0.15, 0.2) is 0 Å². The van der Waals surface area contributed by atoms with Gasteiger partial charge in [-0.25, -0.2) is 4.68 Å². The van der Waals surface area contributed by atoms with Crippen molar-refractivity contribution in [3.8, 4) is 0 Å². The van der Waals surface area contributed by atoms with Gasteiger partial charge in [-0.05, 0) is 25.1 Å². The summed E-state index contributed by atoms with van der Waals surface area (Å²) in [6, 6.07) is 6.52. The maximum Gasteiger partial charge on any atom is 0.274 e. The van der Waals surface area contributed by atoms with Crippen molar-refractivity contribution in [3.63, 3.8) is 0 Å². The molecular formula is C15H18ClN3O3S. The molecule has 0 unspecified atom stereocenters. The minimum atomic E-state index is -0.258. The number of aromatic nitrogens is 2. The van der Waals surface area contributed by atoms with Gasteiger partial charge in [-0.3, -0.25) is 9.59 Å². The second-order valence-corrected chi connectivity index (χ2v) is 6.60. The number of carbonyl (C=O) groups is 1. The number of halogens is 1. The molecule has 0 atom stereocenters. The number of carbonyl (C=O) groups excluding carboxylic acids is 1. The van der Waals surface area contributed by atoms with E-state index in [1.165, 1.54) is 28.2 Å². The largest absolute Gasteiger partial charge is 0.383 e. The fourth-order valence-corrected chi connectivity index (χ4v) is 3.12. The molecule has 2 aromatic rings. The predicted octanol–water partition coefficient (Wildman–Crippen LogP) is 2.27. The Morgan fingerprint density at radius 3 is 2.78 bits per heavy atom. The molecule has 0 saturated heterocycles. The Labute approximate surface area is 143 Å². The molecular weight excluding hydrogens is 338 g/mol. The van der Waals surface area contributed by atoms with E-state index in [0.717, 1.165) is 4.88 Å². The summed E-state index contributed by atoms with van der Waals surface area (Å²) in [5.74, 6) is -0.219. The monoisotopic (exact) mass is 355 g/mol. The molecule has 2 rings (SSSR count). The molecule has 0 aliphatic heterocycles. The molecule has 0 saturated carbocycles. The molecule has 2 aromatic heterocycles. The van der Waals surface area contributed by atoms with Crippen molar-refractivity contribution < 1.29 is 9.53 Å². The summed E-state index contributed by atoms with van der Waals surface area (Å²) in [5.41, 5.74) is -0.0168. The topological polar surface area (TPSA) is 64.4 Å². The fraction of sp³-hybridized carbons (Fsp3) is 0.400. The zero-order chi connectivity index (χ0) is 16.8. The first-order valence-corrected chi connectivity index (χ1v) is 8.35. The summed E-state index contributed by atoms with van der Waals surface area (Å²) >= 11 is 7.36. The molecule has 124 valence electrons. The van der Waals surface area contributed by atoms with Gasteiger partial charge >= 0.3 is 0 Å². The number of hydrogen-bond donors (Lipinski definition) is 0. The second kappa shape index (κ2) is 8.24. The van der Waals surface area contributed by atoms with Gasteiger partial charge < -0.3 is 9.64 Å². The van der Waals surface area contributed by atoms with E-state index >= 15 is 0 Å². The van der Waals surface area contributed by atoms with Crippen molar-refractivity contribution in [1.82, 2.24) is 14.7 Å². The summed E-state index contributed by atoms with van der Waals surface area (Å²) < 4.78 is 6.88. The molecule has 2 heterocycles. The van der Waals surface area contributed by atoms with Crippen molar-refractivity contribution in [3.05, 3.63) is 49.5 Å². The standard InChI is InChI=1S/C15H18ClN3O3S/c1-3-18(10-11-4-6-13(16)23-11)15(21)12-5-7-14(20)19(17-12)8-9-22-2/h4-7H,3,8-10H2,1-2H3. The number of hydrogen-bond acceptors (Lipinski definition) is 5. The number of thiophene rings is 1.